The normalized spacial score (nSPS) is 25.7. The summed E-state index contributed by atoms with van der Waals surface area (Å²) in [6.07, 6.45) is 17.1. The van der Waals surface area contributed by atoms with Gasteiger partial charge < -0.3 is 5.32 Å². The molecule has 1 saturated heterocycles. The standard InChI is InChI=1S/C19H38N2/c1-3-5-6-7-8-9-12-15-21-16-18(4-2)20-17-19(21)13-10-11-14-19/h18,20H,3-17H2,1-2H3. The van der Waals surface area contributed by atoms with Gasteiger partial charge in [0.2, 0.25) is 0 Å². The summed E-state index contributed by atoms with van der Waals surface area (Å²) >= 11 is 0. The van der Waals surface area contributed by atoms with Crippen molar-refractivity contribution < 1.29 is 0 Å². The summed E-state index contributed by atoms with van der Waals surface area (Å²) < 4.78 is 0. The molecule has 1 spiro atoms. The summed E-state index contributed by atoms with van der Waals surface area (Å²) in [5.41, 5.74) is 0.536. The molecule has 2 fully saturated rings. The average molecular weight is 295 g/mol. The molecule has 2 heteroatoms. The van der Waals surface area contributed by atoms with Gasteiger partial charge in [0.25, 0.3) is 0 Å². The summed E-state index contributed by atoms with van der Waals surface area (Å²) in [6, 6.07) is 0.737. The largest absolute Gasteiger partial charge is 0.311 e. The fraction of sp³-hybridized carbons (Fsp3) is 1.00. The highest BCUT2D eigenvalue weighted by molar-refractivity contribution is 5.01. The van der Waals surface area contributed by atoms with Gasteiger partial charge in [-0.1, -0.05) is 65.2 Å². The SMILES string of the molecule is CCCCCCCCCN1CC(CC)NCC12CCCC2. The Hall–Kier alpha value is -0.0800. The first-order valence-electron chi connectivity index (χ1n) is 9.79. The van der Waals surface area contributed by atoms with Crippen LogP contribution in [0.1, 0.15) is 90.9 Å². The molecule has 0 amide bonds. The van der Waals surface area contributed by atoms with E-state index >= 15 is 0 Å². The van der Waals surface area contributed by atoms with Crippen LogP contribution in [-0.4, -0.2) is 36.1 Å². The first kappa shape index (κ1) is 17.3. The maximum atomic E-state index is 3.81. The monoisotopic (exact) mass is 294 g/mol. The molecular weight excluding hydrogens is 256 g/mol. The highest BCUT2D eigenvalue weighted by Gasteiger charge is 2.42. The van der Waals surface area contributed by atoms with Crippen LogP contribution < -0.4 is 5.32 Å². The van der Waals surface area contributed by atoms with Gasteiger partial charge in [0, 0.05) is 24.7 Å². The van der Waals surface area contributed by atoms with Crippen molar-refractivity contribution in [3.63, 3.8) is 0 Å². The van der Waals surface area contributed by atoms with Gasteiger partial charge in [-0.25, -0.2) is 0 Å². The van der Waals surface area contributed by atoms with Gasteiger partial charge in [-0.15, -0.1) is 0 Å². The molecule has 1 saturated carbocycles. The Morgan fingerprint density at radius 3 is 2.29 bits per heavy atom. The van der Waals surface area contributed by atoms with Crippen LogP contribution in [-0.2, 0) is 0 Å². The van der Waals surface area contributed by atoms with E-state index in [1.807, 2.05) is 0 Å². The van der Waals surface area contributed by atoms with Crippen LogP contribution in [0.2, 0.25) is 0 Å². The van der Waals surface area contributed by atoms with Crippen LogP contribution in [0, 0.1) is 0 Å². The number of hydrogen-bond acceptors (Lipinski definition) is 2. The summed E-state index contributed by atoms with van der Waals surface area (Å²) in [5.74, 6) is 0. The van der Waals surface area contributed by atoms with Gasteiger partial charge in [0.15, 0.2) is 0 Å². The summed E-state index contributed by atoms with van der Waals surface area (Å²) in [4.78, 5) is 2.89. The molecule has 2 aliphatic rings. The number of piperazine rings is 1. The fourth-order valence-corrected chi connectivity index (χ4v) is 4.36. The Balaban J connectivity index is 1.70. The van der Waals surface area contributed by atoms with E-state index in [1.165, 1.54) is 96.7 Å². The lowest BCUT2D eigenvalue weighted by atomic mass is 9.90. The molecule has 21 heavy (non-hydrogen) atoms. The third-order valence-corrected chi connectivity index (χ3v) is 5.89. The third kappa shape index (κ3) is 4.96. The van der Waals surface area contributed by atoms with Crippen LogP contribution in [0.25, 0.3) is 0 Å². The van der Waals surface area contributed by atoms with Gasteiger partial charge in [0.05, 0.1) is 0 Å². The minimum absolute atomic E-state index is 0.536. The molecule has 1 unspecified atom stereocenters. The molecule has 1 atom stereocenters. The smallest absolute Gasteiger partial charge is 0.0334 e. The second kappa shape index (κ2) is 9.15. The Morgan fingerprint density at radius 2 is 1.62 bits per heavy atom. The molecule has 124 valence electrons. The van der Waals surface area contributed by atoms with E-state index in [4.69, 9.17) is 0 Å². The summed E-state index contributed by atoms with van der Waals surface area (Å²) in [7, 11) is 0. The maximum Gasteiger partial charge on any atom is 0.0334 e. The molecule has 0 aromatic heterocycles. The maximum absolute atomic E-state index is 3.81. The van der Waals surface area contributed by atoms with Crippen LogP contribution in [0.15, 0.2) is 0 Å². The Labute approximate surface area is 133 Å². The first-order chi connectivity index (χ1) is 10.3. The van der Waals surface area contributed by atoms with Crippen molar-refractivity contribution in [2.45, 2.75) is 102 Å². The molecule has 1 aliphatic heterocycles. The van der Waals surface area contributed by atoms with E-state index < -0.39 is 0 Å². The number of hydrogen-bond donors (Lipinski definition) is 1. The minimum atomic E-state index is 0.536. The van der Waals surface area contributed by atoms with E-state index in [0.29, 0.717) is 5.54 Å². The van der Waals surface area contributed by atoms with E-state index in [0.717, 1.165) is 6.04 Å². The number of unbranched alkanes of at least 4 members (excludes halogenated alkanes) is 6. The van der Waals surface area contributed by atoms with Crippen LogP contribution in [0.5, 0.6) is 0 Å². The number of nitrogens with zero attached hydrogens (tertiary/aromatic N) is 1. The van der Waals surface area contributed by atoms with E-state index in [9.17, 15) is 0 Å². The minimum Gasteiger partial charge on any atom is -0.311 e. The lowest BCUT2D eigenvalue weighted by molar-refractivity contribution is 0.0406. The van der Waals surface area contributed by atoms with E-state index in [2.05, 4.69) is 24.1 Å². The number of nitrogens with one attached hydrogen (secondary N) is 1. The second-order valence-electron chi connectivity index (χ2n) is 7.48. The molecular formula is C19H38N2. The summed E-state index contributed by atoms with van der Waals surface area (Å²) in [6.45, 7) is 8.53. The van der Waals surface area contributed by atoms with Crippen molar-refractivity contribution in [1.29, 1.82) is 0 Å². The number of rotatable bonds is 9. The fourth-order valence-electron chi connectivity index (χ4n) is 4.36. The topological polar surface area (TPSA) is 15.3 Å². The van der Waals surface area contributed by atoms with Crippen LogP contribution in [0.3, 0.4) is 0 Å². The average Bonchev–Trinajstić information content (AvgIpc) is 2.97. The van der Waals surface area contributed by atoms with E-state index in [-0.39, 0.29) is 0 Å². The zero-order chi connectivity index (χ0) is 15.0. The molecule has 0 aromatic rings. The van der Waals surface area contributed by atoms with Crippen molar-refractivity contribution in [2.75, 3.05) is 19.6 Å². The van der Waals surface area contributed by atoms with E-state index in [1.54, 1.807) is 0 Å². The predicted molar refractivity (Wildman–Crippen MR) is 92.8 cm³/mol. The van der Waals surface area contributed by atoms with Crippen molar-refractivity contribution in [2.24, 2.45) is 0 Å². The summed E-state index contributed by atoms with van der Waals surface area (Å²) in [5, 5.41) is 3.81. The second-order valence-corrected chi connectivity index (χ2v) is 7.48. The highest BCUT2D eigenvalue weighted by atomic mass is 15.3. The Bertz CT molecular complexity index is 271. The lowest BCUT2D eigenvalue weighted by Crippen LogP contribution is -2.63. The van der Waals surface area contributed by atoms with Crippen LogP contribution in [0.4, 0.5) is 0 Å². The van der Waals surface area contributed by atoms with Gasteiger partial charge in [-0.2, -0.15) is 0 Å². The quantitative estimate of drug-likeness (QED) is 0.618. The molecule has 2 rings (SSSR count). The van der Waals surface area contributed by atoms with Crippen LogP contribution >= 0.6 is 0 Å². The first-order valence-corrected chi connectivity index (χ1v) is 9.79. The van der Waals surface area contributed by atoms with Crippen molar-refractivity contribution in [1.82, 2.24) is 10.2 Å². The predicted octanol–water partition coefficient (Wildman–Crippen LogP) is 4.73. The van der Waals surface area contributed by atoms with Crippen molar-refractivity contribution >= 4 is 0 Å². The Kier molecular flexibility index (Phi) is 7.53. The Morgan fingerprint density at radius 1 is 0.952 bits per heavy atom. The molecule has 1 heterocycles. The van der Waals surface area contributed by atoms with Gasteiger partial charge in [-0.3, -0.25) is 4.90 Å². The molecule has 1 aliphatic carbocycles. The highest BCUT2D eigenvalue weighted by Crippen LogP contribution is 2.37. The van der Waals surface area contributed by atoms with Gasteiger partial charge >= 0.3 is 0 Å². The zero-order valence-electron chi connectivity index (χ0n) is 14.6. The molecule has 1 N–H and O–H groups in total. The molecule has 0 radical (unpaired) electrons. The molecule has 0 bridgehead atoms. The molecule has 0 aromatic carbocycles. The van der Waals surface area contributed by atoms with Gasteiger partial charge in [0.1, 0.15) is 0 Å². The van der Waals surface area contributed by atoms with Crippen molar-refractivity contribution in [3.8, 4) is 0 Å². The zero-order valence-corrected chi connectivity index (χ0v) is 14.6. The third-order valence-electron chi connectivity index (χ3n) is 5.89. The molecule has 2 nitrogen and oxygen atoms in total. The van der Waals surface area contributed by atoms with Crippen molar-refractivity contribution in [3.05, 3.63) is 0 Å². The van der Waals surface area contributed by atoms with Gasteiger partial charge in [-0.05, 0) is 32.2 Å². The lowest BCUT2D eigenvalue weighted by Gasteiger charge is -2.48.